The number of aliphatic hydroxyl groups excluding tert-OH is 1. The molecule has 4 aliphatic heterocycles. The van der Waals surface area contributed by atoms with Gasteiger partial charge in [-0.15, -0.1) is 26.3 Å². The first-order valence-electron chi connectivity index (χ1n) is 15.7. The molecule has 1 N–H and O–H groups in total. The standard InChI is InChI=1S/C16H21N3O3.C15H19N3O4.2C2H4/c1-8(2)13-12-7-10(11-6-9(3)18(4)17-11)14(16(21)22-5)19(12)15(13)20;1-7-5-10(16-17(7)3)9-6-11-12(8(2)19)14(20)18(11)13(9)15(21)22-4;2*1-2/h6,8,12-13H,7H2,1-5H3;5,8,11-12,19H,6H2,1-4H3;2*1-2H2/t12-,13-;8-,11-,12-;;/m11../s1. The number of aliphatic hydroxyl groups is 1. The van der Waals surface area contributed by atoms with Crippen LogP contribution in [0.25, 0.3) is 11.1 Å². The second-order valence-corrected chi connectivity index (χ2v) is 12.2. The molecule has 6 rings (SSSR count). The smallest absolute Gasteiger partial charge is 0.355 e. The summed E-state index contributed by atoms with van der Waals surface area (Å²) in [4.78, 5) is 52.1. The van der Waals surface area contributed by atoms with Gasteiger partial charge in [-0.3, -0.25) is 19.0 Å². The summed E-state index contributed by atoms with van der Waals surface area (Å²) in [6.45, 7) is 21.6. The Morgan fingerprint density at radius 3 is 1.42 bits per heavy atom. The van der Waals surface area contributed by atoms with E-state index in [-0.39, 0.29) is 41.4 Å². The molecule has 5 atom stereocenters. The second kappa shape index (κ2) is 15.0. The number of hydrogen-bond acceptors (Lipinski definition) is 9. The Balaban J connectivity index is 0.000000236. The molecule has 2 aromatic rings. The third kappa shape index (κ3) is 6.26. The Morgan fingerprint density at radius 1 is 0.771 bits per heavy atom. The van der Waals surface area contributed by atoms with Crippen LogP contribution in [0, 0.1) is 31.6 Å². The summed E-state index contributed by atoms with van der Waals surface area (Å²) in [6, 6.07) is 3.68. The number of aromatic nitrogens is 4. The number of amides is 2. The third-order valence-corrected chi connectivity index (χ3v) is 9.26. The minimum Gasteiger partial charge on any atom is -0.464 e. The summed E-state index contributed by atoms with van der Waals surface area (Å²) >= 11 is 0. The fraction of sp³-hybridized carbons (Fsp3) is 0.486. The average Bonchev–Trinajstić information content (AvgIpc) is 3.78. The van der Waals surface area contributed by atoms with Crippen molar-refractivity contribution in [3.63, 3.8) is 0 Å². The number of nitrogens with zero attached hydrogens (tertiary/aromatic N) is 6. The quantitative estimate of drug-likeness (QED) is 0.279. The van der Waals surface area contributed by atoms with Gasteiger partial charge in [-0.1, -0.05) is 13.8 Å². The van der Waals surface area contributed by atoms with Crippen molar-refractivity contribution in [2.75, 3.05) is 14.2 Å². The molecule has 6 heterocycles. The van der Waals surface area contributed by atoms with Crippen molar-refractivity contribution in [1.82, 2.24) is 29.4 Å². The Hall–Kier alpha value is -4.78. The fourth-order valence-electron chi connectivity index (χ4n) is 6.79. The maximum Gasteiger partial charge on any atom is 0.355 e. The van der Waals surface area contributed by atoms with E-state index in [1.54, 1.807) is 21.2 Å². The van der Waals surface area contributed by atoms with Crippen LogP contribution in [-0.2, 0) is 42.7 Å². The average molecular weight is 665 g/mol. The van der Waals surface area contributed by atoms with E-state index in [1.165, 1.54) is 19.1 Å². The van der Waals surface area contributed by atoms with Gasteiger partial charge in [0.25, 0.3) is 0 Å². The summed E-state index contributed by atoms with van der Waals surface area (Å²) in [6.07, 6.45) is 0.426. The number of β-lactam (4-membered cyclic amide) rings is 2. The van der Waals surface area contributed by atoms with Gasteiger partial charge < -0.3 is 24.4 Å². The third-order valence-electron chi connectivity index (χ3n) is 9.26. The van der Waals surface area contributed by atoms with Crippen LogP contribution in [0.5, 0.6) is 0 Å². The first-order chi connectivity index (χ1) is 22.7. The minimum atomic E-state index is -0.738. The van der Waals surface area contributed by atoms with Crippen LogP contribution >= 0.6 is 0 Å². The lowest BCUT2D eigenvalue weighted by molar-refractivity contribution is -0.161. The number of aryl methyl sites for hydroxylation is 4. The lowest BCUT2D eigenvalue weighted by Gasteiger charge is -2.45. The molecular weight excluding hydrogens is 616 g/mol. The van der Waals surface area contributed by atoms with Gasteiger partial charge in [0.05, 0.1) is 55.6 Å². The molecule has 0 aromatic carbocycles. The summed E-state index contributed by atoms with van der Waals surface area (Å²) in [5.74, 6) is -1.46. The second-order valence-electron chi connectivity index (χ2n) is 12.2. The number of methoxy groups -OCH3 is 2. The Labute approximate surface area is 282 Å². The van der Waals surface area contributed by atoms with E-state index in [1.807, 2.05) is 53.9 Å². The van der Waals surface area contributed by atoms with E-state index >= 15 is 0 Å². The van der Waals surface area contributed by atoms with Crippen molar-refractivity contribution in [2.45, 2.75) is 65.6 Å². The molecule has 2 aromatic heterocycles. The largest absolute Gasteiger partial charge is 0.464 e. The molecule has 48 heavy (non-hydrogen) atoms. The minimum absolute atomic E-state index is 0.0167. The van der Waals surface area contributed by atoms with Gasteiger partial charge in [-0.25, -0.2) is 9.59 Å². The van der Waals surface area contributed by atoms with E-state index in [0.717, 1.165) is 22.7 Å². The van der Waals surface area contributed by atoms with E-state index in [4.69, 9.17) is 9.47 Å². The molecule has 0 radical (unpaired) electrons. The molecular formula is C35H48N6O7. The first-order valence-corrected chi connectivity index (χ1v) is 15.7. The summed E-state index contributed by atoms with van der Waals surface area (Å²) < 4.78 is 13.2. The van der Waals surface area contributed by atoms with E-state index < -0.39 is 24.0 Å². The SMILES string of the molecule is C=C.C=C.COC(=O)C1=C(c2cc(C)n(C)n2)C[C@@H]2[C@@H](C(C)C)C(=O)N12.COC(=O)C1=C(c2cc(C)n(C)n2)C[C@@H]2[C@@H]([C@@H](C)O)C(=O)N12. The normalized spacial score (nSPS) is 22.6. The number of rotatable bonds is 6. The number of carbonyl (C=O) groups excluding carboxylic acids is 4. The van der Waals surface area contributed by atoms with E-state index in [2.05, 4.69) is 36.5 Å². The van der Waals surface area contributed by atoms with Crippen molar-refractivity contribution in [3.05, 3.63) is 72.6 Å². The lowest BCUT2D eigenvalue weighted by Crippen LogP contribution is -2.61. The predicted octanol–water partition coefficient (Wildman–Crippen LogP) is 3.33. The lowest BCUT2D eigenvalue weighted by atomic mass is 9.78. The summed E-state index contributed by atoms with van der Waals surface area (Å²) in [7, 11) is 6.32. The first kappa shape index (κ1) is 37.7. The number of hydrogen-bond donors (Lipinski definition) is 1. The molecule has 4 aliphatic rings. The van der Waals surface area contributed by atoms with Crippen LogP contribution in [0.1, 0.15) is 56.4 Å². The molecule has 0 saturated carbocycles. The van der Waals surface area contributed by atoms with E-state index in [9.17, 15) is 24.3 Å². The molecule has 0 aliphatic carbocycles. The van der Waals surface area contributed by atoms with Gasteiger partial charge >= 0.3 is 11.9 Å². The van der Waals surface area contributed by atoms with Gasteiger partial charge in [0.15, 0.2) is 0 Å². The van der Waals surface area contributed by atoms with Crippen LogP contribution in [0.2, 0.25) is 0 Å². The van der Waals surface area contributed by atoms with Crippen molar-refractivity contribution in [2.24, 2.45) is 31.8 Å². The molecule has 0 spiro atoms. The molecule has 2 fully saturated rings. The molecule has 13 nitrogen and oxygen atoms in total. The Bertz CT molecular complexity index is 1490. The molecule has 13 heteroatoms. The summed E-state index contributed by atoms with van der Waals surface area (Å²) in [5, 5.41) is 18.6. The molecule has 2 saturated heterocycles. The predicted molar refractivity (Wildman–Crippen MR) is 180 cm³/mol. The highest BCUT2D eigenvalue weighted by molar-refractivity contribution is 6.07. The van der Waals surface area contributed by atoms with Crippen LogP contribution in [-0.4, -0.2) is 90.6 Å². The maximum atomic E-state index is 12.4. The van der Waals surface area contributed by atoms with Gasteiger partial charge in [0, 0.05) is 36.6 Å². The zero-order chi connectivity index (χ0) is 36.4. The van der Waals surface area contributed by atoms with Gasteiger partial charge in [-0.05, 0) is 51.7 Å². The highest BCUT2D eigenvalue weighted by Crippen LogP contribution is 2.49. The molecule has 260 valence electrons. The van der Waals surface area contributed by atoms with Gasteiger partial charge in [0.2, 0.25) is 11.8 Å². The van der Waals surface area contributed by atoms with Crippen LogP contribution in [0.4, 0.5) is 0 Å². The monoisotopic (exact) mass is 664 g/mol. The maximum absolute atomic E-state index is 12.4. The Morgan fingerprint density at radius 2 is 1.12 bits per heavy atom. The highest BCUT2D eigenvalue weighted by Gasteiger charge is 2.58. The van der Waals surface area contributed by atoms with Crippen molar-refractivity contribution >= 4 is 34.9 Å². The van der Waals surface area contributed by atoms with Gasteiger partial charge in [0.1, 0.15) is 11.4 Å². The van der Waals surface area contributed by atoms with Crippen LogP contribution in [0.15, 0.2) is 49.8 Å². The van der Waals surface area contributed by atoms with Crippen LogP contribution < -0.4 is 0 Å². The fourth-order valence-corrected chi connectivity index (χ4v) is 6.79. The number of ether oxygens (including phenoxy) is 2. The highest BCUT2D eigenvalue weighted by atomic mass is 16.5. The number of carbonyl (C=O) groups is 4. The Kier molecular flexibility index (Phi) is 11.8. The molecule has 2 amide bonds. The molecule has 0 unspecified atom stereocenters. The number of esters is 2. The van der Waals surface area contributed by atoms with Gasteiger partial charge in [-0.2, -0.15) is 10.2 Å². The molecule has 0 bridgehead atoms. The zero-order valence-corrected chi connectivity index (χ0v) is 29.4. The topological polar surface area (TPSA) is 149 Å². The van der Waals surface area contributed by atoms with Crippen molar-refractivity contribution in [3.8, 4) is 0 Å². The van der Waals surface area contributed by atoms with Crippen molar-refractivity contribution < 1.29 is 33.8 Å². The van der Waals surface area contributed by atoms with Crippen molar-refractivity contribution in [1.29, 1.82) is 0 Å². The number of fused-ring (bicyclic) bond motifs is 2. The zero-order valence-electron chi connectivity index (χ0n) is 29.4. The van der Waals surface area contributed by atoms with Crippen LogP contribution in [0.3, 0.4) is 0 Å². The summed E-state index contributed by atoms with van der Waals surface area (Å²) in [5.41, 5.74) is 5.54. The van der Waals surface area contributed by atoms with E-state index in [0.29, 0.717) is 29.8 Å².